The molecule has 0 radical (unpaired) electrons. The normalized spacial score (nSPS) is 12.5. The first-order chi connectivity index (χ1) is 11.6. The van der Waals surface area contributed by atoms with Gasteiger partial charge < -0.3 is 20.3 Å². The van der Waals surface area contributed by atoms with Crippen LogP contribution in [-0.2, 0) is 6.54 Å². The Morgan fingerprint density at radius 3 is 2.60 bits per heavy atom. The molecule has 6 heteroatoms. The number of guanidine groups is 1. The molecule has 0 aliphatic heterocycles. The molecule has 2 N–H and O–H groups in total. The predicted molar refractivity (Wildman–Crippen MR) is 118 cm³/mol. The lowest BCUT2D eigenvalue weighted by molar-refractivity contribution is 0.292. The minimum atomic E-state index is 0. The number of nitrogens with one attached hydrogen (secondary N) is 2. The van der Waals surface area contributed by atoms with E-state index in [-0.39, 0.29) is 24.0 Å². The number of ether oxygens (including phenoxy) is 1. The fourth-order valence-corrected chi connectivity index (χ4v) is 2.63. The zero-order valence-corrected chi connectivity index (χ0v) is 18.7. The molecule has 1 aromatic rings. The molecular formula is C19H35IN4O. The van der Waals surface area contributed by atoms with Crippen LogP contribution in [0.25, 0.3) is 0 Å². The van der Waals surface area contributed by atoms with Crippen molar-refractivity contribution >= 4 is 29.9 Å². The molecule has 1 aromatic carbocycles. The number of benzene rings is 1. The molecule has 0 fully saturated rings. The molecule has 0 bridgehead atoms. The van der Waals surface area contributed by atoms with Gasteiger partial charge in [-0.2, -0.15) is 0 Å². The molecule has 0 aliphatic carbocycles. The van der Waals surface area contributed by atoms with Gasteiger partial charge >= 0.3 is 0 Å². The second-order valence-corrected chi connectivity index (χ2v) is 5.99. The van der Waals surface area contributed by atoms with Crippen molar-refractivity contribution in [2.45, 2.75) is 46.2 Å². The first-order valence-electron chi connectivity index (χ1n) is 8.95. The Hall–Kier alpha value is -1.02. The van der Waals surface area contributed by atoms with Gasteiger partial charge in [0.1, 0.15) is 5.75 Å². The summed E-state index contributed by atoms with van der Waals surface area (Å²) in [4.78, 5) is 6.77. The van der Waals surface area contributed by atoms with Crippen LogP contribution in [-0.4, -0.2) is 50.7 Å². The molecule has 0 heterocycles. The largest absolute Gasteiger partial charge is 0.497 e. The number of halogens is 1. The van der Waals surface area contributed by atoms with E-state index in [2.05, 4.69) is 47.4 Å². The van der Waals surface area contributed by atoms with Gasteiger partial charge in [0.2, 0.25) is 0 Å². The van der Waals surface area contributed by atoms with E-state index in [0.717, 1.165) is 44.3 Å². The van der Waals surface area contributed by atoms with Crippen LogP contribution >= 0.6 is 24.0 Å². The quantitative estimate of drug-likeness (QED) is 0.318. The Kier molecular flexibility index (Phi) is 13.6. The maximum absolute atomic E-state index is 5.26. The molecule has 5 nitrogen and oxygen atoms in total. The zero-order valence-electron chi connectivity index (χ0n) is 16.3. The molecule has 0 aromatic heterocycles. The van der Waals surface area contributed by atoms with Crippen molar-refractivity contribution in [3.63, 3.8) is 0 Å². The zero-order chi connectivity index (χ0) is 17.8. The SMILES string of the molecule is CCN(CC)CCCC(C)NC(=NC)NCc1cccc(OC)c1.I. The van der Waals surface area contributed by atoms with Gasteiger partial charge in [-0.3, -0.25) is 4.99 Å². The number of hydrogen-bond donors (Lipinski definition) is 2. The topological polar surface area (TPSA) is 48.9 Å². The van der Waals surface area contributed by atoms with Crippen LogP contribution in [0, 0.1) is 0 Å². The second-order valence-electron chi connectivity index (χ2n) is 5.99. The fourth-order valence-electron chi connectivity index (χ4n) is 2.63. The second kappa shape index (κ2) is 14.2. The van der Waals surface area contributed by atoms with Crippen molar-refractivity contribution in [3.05, 3.63) is 29.8 Å². The van der Waals surface area contributed by atoms with Crippen LogP contribution < -0.4 is 15.4 Å². The monoisotopic (exact) mass is 462 g/mol. The Balaban J connectivity index is 0.00000576. The van der Waals surface area contributed by atoms with E-state index < -0.39 is 0 Å². The van der Waals surface area contributed by atoms with Gasteiger partial charge in [-0.15, -0.1) is 24.0 Å². The van der Waals surface area contributed by atoms with Crippen LogP contribution in [0.5, 0.6) is 5.75 Å². The highest BCUT2D eigenvalue weighted by Gasteiger charge is 2.07. The van der Waals surface area contributed by atoms with E-state index >= 15 is 0 Å². The summed E-state index contributed by atoms with van der Waals surface area (Å²) >= 11 is 0. The molecule has 0 spiro atoms. The van der Waals surface area contributed by atoms with Gasteiger partial charge in [-0.05, 0) is 57.1 Å². The van der Waals surface area contributed by atoms with E-state index in [9.17, 15) is 0 Å². The Morgan fingerprint density at radius 2 is 2.00 bits per heavy atom. The van der Waals surface area contributed by atoms with Crippen LogP contribution in [0.2, 0.25) is 0 Å². The number of nitrogens with zero attached hydrogens (tertiary/aromatic N) is 2. The number of hydrogen-bond acceptors (Lipinski definition) is 3. The summed E-state index contributed by atoms with van der Waals surface area (Å²) in [5, 5.41) is 6.83. The van der Waals surface area contributed by atoms with E-state index in [1.165, 1.54) is 12.0 Å². The summed E-state index contributed by atoms with van der Waals surface area (Å²) < 4.78 is 5.26. The smallest absolute Gasteiger partial charge is 0.191 e. The van der Waals surface area contributed by atoms with Crippen LogP contribution in [0.1, 0.15) is 39.2 Å². The summed E-state index contributed by atoms with van der Waals surface area (Å²) in [6.45, 7) is 10.8. The summed E-state index contributed by atoms with van der Waals surface area (Å²) in [6.07, 6.45) is 2.33. The summed E-state index contributed by atoms with van der Waals surface area (Å²) in [6, 6.07) is 8.47. The fraction of sp³-hybridized carbons (Fsp3) is 0.632. The minimum Gasteiger partial charge on any atom is -0.497 e. The maximum atomic E-state index is 5.26. The lowest BCUT2D eigenvalue weighted by Crippen LogP contribution is -2.42. The summed E-state index contributed by atoms with van der Waals surface area (Å²) in [5.74, 6) is 1.72. The van der Waals surface area contributed by atoms with Gasteiger partial charge in [0.05, 0.1) is 7.11 Å². The highest BCUT2D eigenvalue weighted by Crippen LogP contribution is 2.12. The van der Waals surface area contributed by atoms with Gasteiger partial charge in [-0.1, -0.05) is 26.0 Å². The first-order valence-corrected chi connectivity index (χ1v) is 8.95. The van der Waals surface area contributed by atoms with Gasteiger partial charge in [0.25, 0.3) is 0 Å². The van der Waals surface area contributed by atoms with E-state index in [4.69, 9.17) is 4.74 Å². The third kappa shape index (κ3) is 9.89. The highest BCUT2D eigenvalue weighted by molar-refractivity contribution is 14.0. The van der Waals surface area contributed by atoms with Crippen LogP contribution in [0.4, 0.5) is 0 Å². The molecule has 1 unspecified atom stereocenters. The molecule has 0 saturated carbocycles. The number of methoxy groups -OCH3 is 1. The van der Waals surface area contributed by atoms with Crippen molar-refractivity contribution in [3.8, 4) is 5.75 Å². The van der Waals surface area contributed by atoms with Crippen molar-refractivity contribution in [2.75, 3.05) is 33.8 Å². The molecule has 1 rings (SSSR count). The van der Waals surface area contributed by atoms with Crippen molar-refractivity contribution in [2.24, 2.45) is 4.99 Å². The molecule has 0 amide bonds. The first kappa shape index (κ1) is 24.0. The van der Waals surface area contributed by atoms with Crippen LogP contribution in [0.15, 0.2) is 29.3 Å². The molecular weight excluding hydrogens is 427 g/mol. The van der Waals surface area contributed by atoms with E-state index in [0.29, 0.717) is 6.04 Å². The summed E-state index contributed by atoms with van der Waals surface area (Å²) in [5.41, 5.74) is 1.17. The van der Waals surface area contributed by atoms with Gasteiger partial charge in [0.15, 0.2) is 5.96 Å². The molecule has 0 aliphatic rings. The Morgan fingerprint density at radius 1 is 1.28 bits per heavy atom. The van der Waals surface area contributed by atoms with E-state index in [1.54, 1.807) is 7.11 Å². The third-order valence-corrected chi connectivity index (χ3v) is 4.21. The third-order valence-electron chi connectivity index (χ3n) is 4.21. The predicted octanol–water partition coefficient (Wildman–Crippen LogP) is 3.49. The number of aliphatic imine (C=N–C) groups is 1. The van der Waals surface area contributed by atoms with Crippen molar-refractivity contribution in [1.82, 2.24) is 15.5 Å². The van der Waals surface area contributed by atoms with Gasteiger partial charge in [-0.25, -0.2) is 0 Å². The lowest BCUT2D eigenvalue weighted by atomic mass is 10.2. The van der Waals surface area contributed by atoms with E-state index in [1.807, 2.05) is 25.2 Å². The van der Waals surface area contributed by atoms with Crippen molar-refractivity contribution in [1.29, 1.82) is 0 Å². The molecule has 144 valence electrons. The van der Waals surface area contributed by atoms with Crippen LogP contribution in [0.3, 0.4) is 0 Å². The number of rotatable bonds is 10. The minimum absolute atomic E-state index is 0. The molecule has 1 atom stereocenters. The average Bonchev–Trinajstić information content (AvgIpc) is 2.62. The Labute approximate surface area is 170 Å². The highest BCUT2D eigenvalue weighted by atomic mass is 127. The van der Waals surface area contributed by atoms with Crippen molar-refractivity contribution < 1.29 is 4.74 Å². The average molecular weight is 462 g/mol. The Bertz CT molecular complexity index is 492. The molecule has 25 heavy (non-hydrogen) atoms. The van der Waals surface area contributed by atoms with Gasteiger partial charge in [0, 0.05) is 19.6 Å². The lowest BCUT2D eigenvalue weighted by Gasteiger charge is -2.21. The summed E-state index contributed by atoms with van der Waals surface area (Å²) in [7, 11) is 3.50. The standard InChI is InChI=1S/C19H34N4O.HI/c1-6-23(7-2)13-9-10-16(3)22-19(20-4)21-15-17-11-8-12-18(14-17)24-5;/h8,11-12,14,16H,6-7,9-10,13,15H2,1-5H3,(H2,20,21,22);1H. The molecule has 0 saturated heterocycles. The maximum Gasteiger partial charge on any atom is 0.191 e.